The molecular formula is C25H31CaNO4S. The number of benzene rings is 2. The van der Waals surface area contributed by atoms with Crippen LogP contribution in [-0.2, 0) is 22.5 Å². The molecular weight excluding hydrogens is 450 g/mol. The van der Waals surface area contributed by atoms with E-state index in [-0.39, 0.29) is 37.7 Å². The van der Waals surface area contributed by atoms with Crippen molar-refractivity contribution < 1.29 is 19.4 Å². The molecule has 0 aliphatic heterocycles. The van der Waals surface area contributed by atoms with E-state index in [0.29, 0.717) is 19.6 Å². The Morgan fingerprint density at radius 1 is 1.06 bits per heavy atom. The molecule has 32 heavy (non-hydrogen) atoms. The molecule has 1 atom stereocenters. The fourth-order valence-electron chi connectivity index (χ4n) is 3.49. The molecule has 0 bridgehead atoms. The van der Waals surface area contributed by atoms with Crippen molar-refractivity contribution >= 4 is 55.5 Å². The zero-order chi connectivity index (χ0) is 22.2. The average Bonchev–Trinajstić information content (AvgIpc) is 3.15. The fourth-order valence-corrected chi connectivity index (χ4v) is 3.90. The minimum atomic E-state index is -0.942. The van der Waals surface area contributed by atoms with Crippen LogP contribution in [0.1, 0.15) is 18.2 Å². The third kappa shape index (κ3) is 7.29. The molecule has 0 aliphatic carbocycles. The van der Waals surface area contributed by atoms with Crippen molar-refractivity contribution in [1.82, 2.24) is 4.57 Å². The van der Waals surface area contributed by atoms with Gasteiger partial charge >= 0.3 is 43.7 Å². The van der Waals surface area contributed by atoms with Gasteiger partial charge in [-0.25, -0.2) is 4.79 Å². The van der Waals surface area contributed by atoms with Gasteiger partial charge in [-0.2, -0.15) is 0 Å². The van der Waals surface area contributed by atoms with E-state index in [9.17, 15) is 9.90 Å². The van der Waals surface area contributed by atoms with Crippen molar-refractivity contribution in [2.75, 3.05) is 19.5 Å². The number of carboxylic acid groups (broad SMARTS) is 1. The molecule has 3 rings (SSSR count). The first-order valence-corrected chi connectivity index (χ1v) is 11.6. The number of aliphatic carboxylic acids is 1. The Hall–Kier alpha value is -1.44. The van der Waals surface area contributed by atoms with Crippen molar-refractivity contribution in [2.45, 2.75) is 37.8 Å². The van der Waals surface area contributed by atoms with Gasteiger partial charge in [-0.3, -0.25) is 0 Å². The second-order valence-electron chi connectivity index (χ2n) is 7.22. The van der Waals surface area contributed by atoms with E-state index in [2.05, 4.69) is 54.1 Å². The molecule has 1 heterocycles. The van der Waals surface area contributed by atoms with E-state index in [0.717, 1.165) is 17.9 Å². The standard InChI is InChI=1S/C25H29NO4S.Ca.2H/c1-4-29-24(25(27)28)17-19-6-10-21(11-7-19)30-16-15-26-18(2)5-14-23(26)20-8-12-22(31-3)13-9-20;;;/h5-14,24H,4,15-17H2,1-3H3,(H,27,28);;;/t24-;;;/m0.../s1. The van der Waals surface area contributed by atoms with Gasteiger partial charge in [-0.05, 0) is 67.6 Å². The second-order valence-corrected chi connectivity index (χ2v) is 8.10. The predicted octanol–water partition coefficient (Wildman–Crippen LogP) is 4.38. The minimum absolute atomic E-state index is 0. The van der Waals surface area contributed by atoms with E-state index < -0.39 is 12.1 Å². The van der Waals surface area contributed by atoms with Crippen molar-refractivity contribution in [3.8, 4) is 17.0 Å². The number of nitrogens with zero attached hydrogens (tertiary/aromatic N) is 1. The van der Waals surface area contributed by atoms with Gasteiger partial charge in [0.2, 0.25) is 0 Å². The summed E-state index contributed by atoms with van der Waals surface area (Å²) in [6.45, 7) is 5.56. The summed E-state index contributed by atoms with van der Waals surface area (Å²) in [6.07, 6.45) is 1.59. The second kappa shape index (κ2) is 13.3. The van der Waals surface area contributed by atoms with E-state index in [1.807, 2.05) is 24.3 Å². The van der Waals surface area contributed by atoms with Crippen molar-refractivity contribution in [1.29, 1.82) is 0 Å². The topological polar surface area (TPSA) is 60.7 Å². The number of carboxylic acids is 1. The summed E-state index contributed by atoms with van der Waals surface area (Å²) in [7, 11) is 0. The summed E-state index contributed by atoms with van der Waals surface area (Å²) in [4.78, 5) is 12.5. The monoisotopic (exact) mass is 481 g/mol. The molecule has 0 aliphatic rings. The van der Waals surface area contributed by atoms with Crippen LogP contribution < -0.4 is 4.74 Å². The van der Waals surface area contributed by atoms with Crippen LogP contribution in [0.4, 0.5) is 0 Å². The molecule has 2 aromatic carbocycles. The number of rotatable bonds is 11. The molecule has 5 nitrogen and oxygen atoms in total. The van der Waals surface area contributed by atoms with Crippen molar-refractivity contribution in [2.24, 2.45) is 0 Å². The van der Waals surface area contributed by atoms with Gasteiger partial charge in [-0.15, -0.1) is 11.8 Å². The normalized spacial score (nSPS) is 11.6. The summed E-state index contributed by atoms with van der Waals surface area (Å²) in [5, 5.41) is 9.23. The van der Waals surface area contributed by atoms with Gasteiger partial charge < -0.3 is 19.1 Å². The summed E-state index contributed by atoms with van der Waals surface area (Å²) in [6, 6.07) is 20.4. The Labute approximate surface area is 224 Å². The molecule has 3 aromatic rings. The maximum absolute atomic E-state index is 11.3. The Kier molecular flexibility index (Phi) is 11.2. The summed E-state index contributed by atoms with van der Waals surface area (Å²) >= 11 is 1.74. The number of ether oxygens (including phenoxy) is 2. The Balaban J connectivity index is 0.00000363. The van der Waals surface area contributed by atoms with Crippen LogP contribution in [0.2, 0.25) is 0 Å². The third-order valence-electron chi connectivity index (χ3n) is 5.16. The summed E-state index contributed by atoms with van der Waals surface area (Å²) < 4.78 is 13.5. The molecule has 0 radical (unpaired) electrons. The molecule has 1 N–H and O–H groups in total. The van der Waals surface area contributed by atoms with Gasteiger partial charge in [0.25, 0.3) is 0 Å². The third-order valence-corrected chi connectivity index (χ3v) is 5.90. The molecule has 0 spiro atoms. The van der Waals surface area contributed by atoms with Crippen LogP contribution >= 0.6 is 11.8 Å². The average molecular weight is 482 g/mol. The molecule has 1 aromatic heterocycles. The van der Waals surface area contributed by atoms with Crippen molar-refractivity contribution in [3.05, 3.63) is 71.9 Å². The van der Waals surface area contributed by atoms with Gasteiger partial charge in [0.15, 0.2) is 6.10 Å². The van der Waals surface area contributed by atoms with Gasteiger partial charge in [0.05, 0.1) is 6.54 Å². The van der Waals surface area contributed by atoms with Crippen LogP contribution in [0, 0.1) is 6.92 Å². The molecule has 0 saturated carbocycles. The molecule has 0 amide bonds. The number of hydrogen-bond acceptors (Lipinski definition) is 4. The Morgan fingerprint density at radius 2 is 1.75 bits per heavy atom. The van der Waals surface area contributed by atoms with Gasteiger partial charge in [0, 0.05) is 29.3 Å². The predicted molar refractivity (Wildman–Crippen MR) is 134 cm³/mol. The van der Waals surface area contributed by atoms with Crippen molar-refractivity contribution in [3.63, 3.8) is 0 Å². The van der Waals surface area contributed by atoms with E-state index in [1.165, 1.54) is 21.8 Å². The van der Waals surface area contributed by atoms with Crippen LogP contribution in [0.5, 0.6) is 5.75 Å². The maximum atomic E-state index is 11.3. The number of aromatic nitrogens is 1. The molecule has 0 saturated heterocycles. The number of aryl methyl sites for hydroxylation is 1. The fraction of sp³-hybridized carbons (Fsp3) is 0.320. The molecule has 0 unspecified atom stereocenters. The van der Waals surface area contributed by atoms with E-state index in [1.54, 1.807) is 18.7 Å². The van der Waals surface area contributed by atoms with E-state index >= 15 is 0 Å². The summed E-state index contributed by atoms with van der Waals surface area (Å²) in [5.74, 6) is -0.175. The van der Waals surface area contributed by atoms with Crippen LogP contribution in [-0.4, -0.2) is 79.0 Å². The number of thioether (sulfide) groups is 1. The SMILES string of the molecule is CCO[C@@H](Cc1ccc(OCCn2c(C)ccc2-c2ccc(SC)cc2)cc1)C(=O)O.[CaH2]. The zero-order valence-electron chi connectivity index (χ0n) is 18.2. The first kappa shape index (κ1) is 26.8. The Bertz CT molecular complexity index is 986. The van der Waals surface area contributed by atoms with Crippen LogP contribution in [0.25, 0.3) is 11.3 Å². The van der Waals surface area contributed by atoms with Crippen LogP contribution in [0.15, 0.2) is 65.6 Å². The number of carbonyl (C=O) groups is 1. The Morgan fingerprint density at radius 3 is 2.34 bits per heavy atom. The molecule has 168 valence electrons. The summed E-state index contributed by atoms with van der Waals surface area (Å²) in [5.41, 5.74) is 4.47. The first-order chi connectivity index (χ1) is 15.0. The van der Waals surface area contributed by atoms with Crippen LogP contribution in [0.3, 0.4) is 0 Å². The van der Waals surface area contributed by atoms with Gasteiger partial charge in [0.1, 0.15) is 12.4 Å². The molecule has 0 fully saturated rings. The first-order valence-electron chi connectivity index (χ1n) is 10.4. The molecule has 7 heteroatoms. The zero-order valence-corrected chi connectivity index (χ0v) is 19.0. The number of hydrogen-bond donors (Lipinski definition) is 1. The van der Waals surface area contributed by atoms with Gasteiger partial charge in [-0.1, -0.05) is 24.3 Å². The van der Waals surface area contributed by atoms with E-state index in [4.69, 9.17) is 9.47 Å². The quantitative estimate of drug-likeness (QED) is 0.325.